The van der Waals surface area contributed by atoms with Crippen LogP contribution in [0.1, 0.15) is 22.3 Å². The molecule has 4 aromatic heterocycles. The van der Waals surface area contributed by atoms with E-state index in [2.05, 4.69) is 75.0 Å². The van der Waals surface area contributed by atoms with Crippen molar-refractivity contribution in [3.63, 3.8) is 0 Å². The molecule has 3 aromatic carbocycles. The Labute approximate surface area is 200 Å². The molecule has 9 rings (SSSR count). The Morgan fingerprint density at radius 3 is 2.40 bits per heavy atom. The van der Waals surface area contributed by atoms with Gasteiger partial charge in [-0.1, -0.05) is 36.4 Å². The van der Waals surface area contributed by atoms with Crippen LogP contribution in [0.2, 0.25) is 0 Å². The molecule has 0 amide bonds. The Hall–Kier alpha value is -4.57. The molecule has 0 saturated carbocycles. The van der Waals surface area contributed by atoms with Crippen LogP contribution in [-0.2, 0) is 12.8 Å². The van der Waals surface area contributed by atoms with Crippen molar-refractivity contribution in [1.29, 1.82) is 0 Å². The summed E-state index contributed by atoms with van der Waals surface area (Å²) in [6.45, 7) is 0. The van der Waals surface area contributed by atoms with Crippen LogP contribution in [0.25, 0.3) is 60.6 Å². The fourth-order valence-corrected chi connectivity index (χ4v) is 6.50. The van der Waals surface area contributed by atoms with E-state index in [9.17, 15) is 0 Å². The molecule has 0 bridgehead atoms. The molecule has 4 heteroatoms. The molecule has 0 radical (unpaired) electrons. The van der Waals surface area contributed by atoms with Crippen molar-refractivity contribution in [3.05, 3.63) is 108 Å². The van der Waals surface area contributed by atoms with E-state index < -0.39 is 0 Å². The number of hydrogen-bond acceptors (Lipinski definition) is 3. The minimum absolute atomic E-state index is 0.915. The minimum Gasteiger partial charge on any atom is -0.291 e. The van der Waals surface area contributed by atoms with Crippen LogP contribution in [0, 0.1) is 0 Å². The molecule has 0 atom stereocenters. The molecule has 0 aliphatic heterocycles. The first kappa shape index (κ1) is 17.8. The van der Waals surface area contributed by atoms with Gasteiger partial charge in [-0.3, -0.25) is 14.4 Å². The molecule has 0 saturated heterocycles. The van der Waals surface area contributed by atoms with Gasteiger partial charge in [0.2, 0.25) is 0 Å². The van der Waals surface area contributed by atoms with Gasteiger partial charge in [0.15, 0.2) is 0 Å². The molecule has 2 aliphatic rings. The predicted molar refractivity (Wildman–Crippen MR) is 140 cm³/mol. The summed E-state index contributed by atoms with van der Waals surface area (Å²) >= 11 is 0. The summed E-state index contributed by atoms with van der Waals surface area (Å²) < 4.78 is 2.29. The van der Waals surface area contributed by atoms with Crippen LogP contribution < -0.4 is 0 Å². The maximum atomic E-state index is 5.13. The number of hydrogen-bond donors (Lipinski definition) is 0. The quantitative estimate of drug-likeness (QED) is 0.243. The number of rotatable bonds is 0. The highest BCUT2D eigenvalue weighted by Crippen LogP contribution is 2.48. The van der Waals surface area contributed by atoms with Crippen molar-refractivity contribution in [1.82, 2.24) is 19.4 Å². The van der Waals surface area contributed by atoms with Gasteiger partial charge in [0.05, 0.1) is 17.2 Å². The lowest BCUT2D eigenvalue weighted by Gasteiger charge is -2.13. The van der Waals surface area contributed by atoms with Crippen molar-refractivity contribution in [2.24, 2.45) is 0 Å². The Morgan fingerprint density at radius 2 is 1.43 bits per heavy atom. The highest BCUT2D eigenvalue weighted by atomic mass is 15.0. The first-order chi connectivity index (χ1) is 17.3. The molecule has 4 nitrogen and oxygen atoms in total. The van der Waals surface area contributed by atoms with E-state index >= 15 is 0 Å². The topological polar surface area (TPSA) is 43.1 Å². The van der Waals surface area contributed by atoms with Gasteiger partial charge in [-0.25, -0.2) is 4.98 Å². The average molecular weight is 447 g/mol. The Bertz CT molecular complexity index is 2070. The summed E-state index contributed by atoms with van der Waals surface area (Å²) in [5.41, 5.74) is 15.2. The number of fused-ring (bicyclic) bond motifs is 15. The van der Waals surface area contributed by atoms with Gasteiger partial charge in [-0.15, -0.1) is 0 Å². The van der Waals surface area contributed by atoms with Crippen LogP contribution in [0.5, 0.6) is 0 Å². The van der Waals surface area contributed by atoms with Crippen LogP contribution in [-0.4, -0.2) is 19.4 Å². The van der Waals surface area contributed by atoms with Gasteiger partial charge in [0, 0.05) is 29.4 Å². The molecule has 0 unspecified atom stereocenters. The van der Waals surface area contributed by atoms with Crippen molar-refractivity contribution in [3.8, 4) is 22.3 Å². The second-order valence-corrected chi connectivity index (χ2v) is 9.73. The van der Waals surface area contributed by atoms with E-state index in [1.54, 1.807) is 0 Å². The maximum absolute atomic E-state index is 5.13. The van der Waals surface area contributed by atoms with E-state index in [-0.39, 0.29) is 0 Å². The lowest BCUT2D eigenvalue weighted by atomic mass is 9.94. The highest BCUT2D eigenvalue weighted by Gasteiger charge is 2.28. The molecule has 0 N–H and O–H groups in total. The van der Waals surface area contributed by atoms with Crippen LogP contribution >= 0.6 is 0 Å². The highest BCUT2D eigenvalue weighted by molar-refractivity contribution is 6.19. The smallest absolute Gasteiger partial charge is 0.147 e. The van der Waals surface area contributed by atoms with Crippen molar-refractivity contribution < 1.29 is 0 Å². The predicted octanol–water partition coefficient (Wildman–Crippen LogP) is 6.73. The molecular formula is C31H18N4. The normalized spacial score (nSPS) is 13.5. The number of benzene rings is 3. The minimum atomic E-state index is 0.915. The summed E-state index contributed by atoms with van der Waals surface area (Å²) in [4.78, 5) is 14.0. The van der Waals surface area contributed by atoms with Gasteiger partial charge in [-0.05, 0) is 87.0 Å². The number of nitrogens with zero attached hydrogens (tertiary/aromatic N) is 4. The average Bonchev–Trinajstić information content (AvgIpc) is 3.58. The molecule has 0 fully saturated rings. The second-order valence-electron chi connectivity index (χ2n) is 9.73. The van der Waals surface area contributed by atoms with Crippen molar-refractivity contribution in [2.45, 2.75) is 12.8 Å². The molecular weight excluding hydrogens is 428 g/mol. The summed E-state index contributed by atoms with van der Waals surface area (Å²) in [6, 6.07) is 22.4. The Balaban J connectivity index is 1.45. The Morgan fingerprint density at radius 1 is 0.629 bits per heavy atom. The fraction of sp³-hybridized carbons (Fsp3) is 0.0645. The summed E-state index contributed by atoms with van der Waals surface area (Å²) in [7, 11) is 0. The summed E-state index contributed by atoms with van der Waals surface area (Å²) in [5.74, 6) is 0. The molecule has 7 aromatic rings. The Kier molecular flexibility index (Phi) is 3.11. The second kappa shape index (κ2) is 6.10. The van der Waals surface area contributed by atoms with Crippen LogP contribution in [0.3, 0.4) is 0 Å². The number of pyridine rings is 3. The van der Waals surface area contributed by atoms with Gasteiger partial charge in [0.1, 0.15) is 11.2 Å². The summed E-state index contributed by atoms with van der Waals surface area (Å²) in [6.07, 6.45) is 9.52. The zero-order valence-electron chi connectivity index (χ0n) is 18.8. The zero-order chi connectivity index (χ0) is 22.7. The molecule has 35 heavy (non-hydrogen) atoms. The lowest BCUT2D eigenvalue weighted by Crippen LogP contribution is -1.94. The number of aromatic nitrogens is 4. The van der Waals surface area contributed by atoms with Crippen LogP contribution in [0.15, 0.2) is 85.5 Å². The monoisotopic (exact) mass is 446 g/mol. The molecule has 0 spiro atoms. The number of imidazole rings is 1. The van der Waals surface area contributed by atoms with Gasteiger partial charge in [-0.2, -0.15) is 0 Å². The van der Waals surface area contributed by atoms with E-state index in [4.69, 9.17) is 4.98 Å². The molecule has 4 heterocycles. The first-order valence-electron chi connectivity index (χ1n) is 12.0. The standard InChI is InChI=1S/C31H18N4/c1-2-4-21-17(3-1)11-19-14-24-20(13-23(19)21)12-18-5-6-22-25-15-32-9-7-27(25)35-28-8-10-33-16-26(28)34-31(35)30(22)29(18)24/h1-10,13-16H,11-12H2. The van der Waals surface area contributed by atoms with Crippen molar-refractivity contribution in [2.75, 3.05) is 0 Å². The SMILES string of the molecule is c1ccc2c(c1)Cc1cc3c(cc1-2)Cc1ccc2c4cnccc4n4c5ccncc5nc4c2c1-3. The summed E-state index contributed by atoms with van der Waals surface area (Å²) in [5, 5.41) is 3.57. The van der Waals surface area contributed by atoms with E-state index in [0.717, 1.165) is 40.4 Å². The van der Waals surface area contributed by atoms with Crippen molar-refractivity contribution >= 4 is 38.4 Å². The van der Waals surface area contributed by atoms with E-state index in [1.165, 1.54) is 55.3 Å². The van der Waals surface area contributed by atoms with Gasteiger partial charge < -0.3 is 0 Å². The zero-order valence-corrected chi connectivity index (χ0v) is 18.8. The largest absolute Gasteiger partial charge is 0.291 e. The van der Waals surface area contributed by atoms with E-state index in [0.29, 0.717) is 0 Å². The third-order valence-electron chi connectivity index (χ3n) is 7.97. The fourth-order valence-electron chi connectivity index (χ4n) is 6.50. The lowest BCUT2D eigenvalue weighted by molar-refractivity contribution is 1.24. The molecule has 162 valence electrons. The third kappa shape index (κ3) is 2.15. The third-order valence-corrected chi connectivity index (χ3v) is 7.97. The maximum Gasteiger partial charge on any atom is 0.147 e. The molecule has 2 aliphatic carbocycles. The van der Waals surface area contributed by atoms with Gasteiger partial charge >= 0.3 is 0 Å². The van der Waals surface area contributed by atoms with Crippen LogP contribution in [0.4, 0.5) is 0 Å². The first-order valence-corrected chi connectivity index (χ1v) is 12.0. The van der Waals surface area contributed by atoms with E-state index in [1.807, 2.05) is 24.8 Å². The van der Waals surface area contributed by atoms with Gasteiger partial charge in [0.25, 0.3) is 0 Å².